The Kier molecular flexibility index (Phi) is 7.25. The van der Waals surface area contributed by atoms with Gasteiger partial charge in [0.2, 0.25) is 17.7 Å². The van der Waals surface area contributed by atoms with Gasteiger partial charge in [0.15, 0.2) is 0 Å². The summed E-state index contributed by atoms with van der Waals surface area (Å²) in [6, 6.07) is 27.6. The summed E-state index contributed by atoms with van der Waals surface area (Å²) in [6.45, 7) is -0.228. The first kappa shape index (κ1) is 28.1. The summed E-state index contributed by atoms with van der Waals surface area (Å²) in [5, 5.41) is 5.23. The van der Waals surface area contributed by atoms with Gasteiger partial charge in [0.05, 0.1) is 16.6 Å². The van der Waals surface area contributed by atoms with E-state index in [0.29, 0.717) is 26.3 Å². The van der Waals surface area contributed by atoms with Crippen LogP contribution < -0.4 is 15.1 Å². The molecule has 0 saturated carbocycles. The molecule has 1 N–H and O–H groups in total. The number of rotatable bonds is 5. The Balaban J connectivity index is 1.26. The largest absolute Gasteiger partial charge is 0.325 e. The number of thioether (sulfide) groups is 1. The minimum absolute atomic E-state index is 0.228. The molecule has 2 aliphatic rings. The standard InChI is InChI=1S/C32H21BrClN3O4S2/c33-20-8-13-23(14-9-20)37-29(39)26-25(18-5-10-21(34)11-6-18)28-31(42-27(26)30(37)40)36(32(41)43-28)16-24(38)35-22-12-7-17-3-1-2-4-19(17)15-22/h1-15,25-27H,16H2,(H,35,38)/t25-,26?,27?/m1/s1. The molecule has 0 bridgehead atoms. The molecule has 0 radical (unpaired) electrons. The van der Waals surface area contributed by atoms with Crippen LogP contribution in [-0.4, -0.2) is 27.5 Å². The van der Waals surface area contributed by atoms with Crippen molar-refractivity contribution in [3.8, 4) is 0 Å². The molecule has 4 aromatic carbocycles. The van der Waals surface area contributed by atoms with Crippen molar-refractivity contribution >= 4 is 90.5 Å². The van der Waals surface area contributed by atoms with Gasteiger partial charge in [-0.3, -0.25) is 23.7 Å². The smallest absolute Gasteiger partial charge is 0.308 e. The van der Waals surface area contributed by atoms with Gasteiger partial charge >= 0.3 is 4.87 Å². The highest BCUT2D eigenvalue weighted by atomic mass is 79.9. The zero-order valence-electron chi connectivity index (χ0n) is 22.2. The molecule has 0 spiro atoms. The molecule has 2 aliphatic heterocycles. The molecule has 2 unspecified atom stereocenters. The predicted octanol–water partition coefficient (Wildman–Crippen LogP) is 6.91. The summed E-state index contributed by atoms with van der Waals surface area (Å²) in [6.07, 6.45) is 0. The molecule has 7 rings (SSSR count). The highest BCUT2D eigenvalue weighted by Crippen LogP contribution is 2.54. The Labute approximate surface area is 267 Å². The van der Waals surface area contributed by atoms with Crippen molar-refractivity contribution in [2.75, 3.05) is 10.2 Å². The Hall–Kier alpha value is -3.70. The molecular formula is C32H21BrClN3O4S2. The third kappa shape index (κ3) is 5.02. The number of fused-ring (bicyclic) bond motifs is 3. The number of hydrogen-bond donors (Lipinski definition) is 1. The van der Waals surface area contributed by atoms with Crippen LogP contribution in [0, 0.1) is 5.92 Å². The summed E-state index contributed by atoms with van der Waals surface area (Å²) in [5.41, 5.74) is 1.88. The summed E-state index contributed by atoms with van der Waals surface area (Å²) in [5.74, 6) is -2.32. The van der Waals surface area contributed by atoms with Gasteiger partial charge in [-0.05, 0) is 64.9 Å². The van der Waals surface area contributed by atoms with Gasteiger partial charge in [-0.25, -0.2) is 4.90 Å². The number of halogens is 2. The summed E-state index contributed by atoms with van der Waals surface area (Å²) < 4.78 is 2.24. The molecule has 11 heteroatoms. The zero-order valence-corrected chi connectivity index (χ0v) is 26.2. The first-order chi connectivity index (χ1) is 20.8. The molecule has 43 heavy (non-hydrogen) atoms. The van der Waals surface area contributed by atoms with Crippen molar-refractivity contribution < 1.29 is 14.4 Å². The van der Waals surface area contributed by atoms with Crippen molar-refractivity contribution in [3.63, 3.8) is 0 Å². The second-order valence-corrected chi connectivity index (χ2v) is 13.8. The molecule has 214 valence electrons. The quantitative estimate of drug-likeness (QED) is 0.203. The lowest BCUT2D eigenvalue weighted by Crippen LogP contribution is -2.33. The van der Waals surface area contributed by atoms with Gasteiger partial charge in [-0.1, -0.05) is 93.1 Å². The molecule has 3 amide bonds. The lowest BCUT2D eigenvalue weighted by molar-refractivity contribution is -0.122. The fourth-order valence-electron chi connectivity index (χ4n) is 5.74. The maximum absolute atomic E-state index is 14.0. The van der Waals surface area contributed by atoms with E-state index in [4.69, 9.17) is 11.6 Å². The molecule has 1 aromatic heterocycles. The molecule has 1 saturated heterocycles. The maximum atomic E-state index is 14.0. The Morgan fingerprint density at radius 2 is 1.60 bits per heavy atom. The van der Waals surface area contributed by atoms with Gasteiger partial charge in [-0.2, -0.15) is 0 Å². The van der Waals surface area contributed by atoms with E-state index in [1.54, 1.807) is 36.4 Å². The van der Waals surface area contributed by atoms with Crippen molar-refractivity contribution in [3.05, 3.63) is 121 Å². The van der Waals surface area contributed by atoms with E-state index in [1.165, 1.54) is 21.2 Å². The number of amides is 3. The number of imide groups is 1. The van der Waals surface area contributed by atoms with Crippen molar-refractivity contribution in [2.24, 2.45) is 5.92 Å². The van der Waals surface area contributed by atoms with E-state index in [2.05, 4.69) is 21.2 Å². The number of benzene rings is 4. The van der Waals surface area contributed by atoms with Crippen molar-refractivity contribution in [1.29, 1.82) is 0 Å². The number of hydrogen-bond acceptors (Lipinski definition) is 6. The van der Waals surface area contributed by atoms with Crippen LogP contribution in [0.5, 0.6) is 0 Å². The van der Waals surface area contributed by atoms with Gasteiger partial charge in [0.25, 0.3) is 0 Å². The van der Waals surface area contributed by atoms with Crippen molar-refractivity contribution in [2.45, 2.75) is 22.7 Å². The predicted molar refractivity (Wildman–Crippen MR) is 174 cm³/mol. The highest BCUT2D eigenvalue weighted by molar-refractivity contribution is 9.10. The van der Waals surface area contributed by atoms with Crippen LogP contribution in [0.25, 0.3) is 10.8 Å². The minimum atomic E-state index is -0.770. The number of nitrogens with zero attached hydrogens (tertiary/aromatic N) is 2. The number of nitrogens with one attached hydrogen (secondary N) is 1. The van der Waals surface area contributed by atoms with Crippen LogP contribution in [0.4, 0.5) is 11.4 Å². The van der Waals surface area contributed by atoms with Crippen LogP contribution in [0.2, 0.25) is 5.02 Å². The summed E-state index contributed by atoms with van der Waals surface area (Å²) in [7, 11) is 0. The summed E-state index contributed by atoms with van der Waals surface area (Å²) in [4.78, 5) is 56.0. The Bertz CT molecular complexity index is 1990. The third-order valence-electron chi connectivity index (χ3n) is 7.70. The van der Waals surface area contributed by atoms with E-state index in [1.807, 2.05) is 54.6 Å². The molecule has 3 atom stereocenters. The monoisotopic (exact) mass is 689 g/mol. The minimum Gasteiger partial charge on any atom is -0.325 e. The average molecular weight is 691 g/mol. The Morgan fingerprint density at radius 3 is 2.35 bits per heavy atom. The fraction of sp³-hybridized carbons (Fsp3) is 0.125. The molecule has 1 fully saturated rings. The number of aromatic nitrogens is 1. The lowest BCUT2D eigenvalue weighted by atomic mass is 9.83. The maximum Gasteiger partial charge on any atom is 0.308 e. The second-order valence-electron chi connectivity index (χ2n) is 10.3. The van der Waals surface area contributed by atoms with Gasteiger partial charge < -0.3 is 5.32 Å². The first-order valence-corrected chi connectivity index (χ1v) is 16.2. The fourth-order valence-corrected chi connectivity index (χ4v) is 8.90. The zero-order chi connectivity index (χ0) is 29.8. The number of thiazole rings is 1. The van der Waals surface area contributed by atoms with Gasteiger partial charge in [0.1, 0.15) is 11.8 Å². The van der Waals surface area contributed by atoms with Crippen LogP contribution >= 0.6 is 50.6 Å². The van der Waals surface area contributed by atoms with Crippen LogP contribution in [0.3, 0.4) is 0 Å². The van der Waals surface area contributed by atoms with E-state index >= 15 is 0 Å². The van der Waals surface area contributed by atoms with Crippen LogP contribution in [-0.2, 0) is 20.9 Å². The van der Waals surface area contributed by atoms with E-state index in [9.17, 15) is 19.2 Å². The van der Waals surface area contributed by atoms with E-state index in [0.717, 1.165) is 32.1 Å². The average Bonchev–Trinajstić information content (AvgIpc) is 3.44. The molecule has 7 nitrogen and oxygen atoms in total. The normalized spacial score (nSPS) is 19.4. The molecule has 0 aliphatic carbocycles. The number of carbonyl (C=O) groups excluding carboxylic acids is 3. The topological polar surface area (TPSA) is 88.5 Å². The van der Waals surface area contributed by atoms with E-state index < -0.39 is 17.1 Å². The van der Waals surface area contributed by atoms with Crippen LogP contribution in [0.15, 0.2) is 105 Å². The third-order valence-corrected chi connectivity index (χ3v) is 11.1. The Morgan fingerprint density at radius 1 is 0.884 bits per heavy atom. The van der Waals surface area contributed by atoms with Gasteiger partial charge in [-0.15, -0.1) is 0 Å². The molecule has 5 aromatic rings. The molecular weight excluding hydrogens is 670 g/mol. The SMILES string of the molecule is O=C(Cn1c2c(sc1=O)[C@H](c1ccc(Cl)cc1)C1C(=O)N(c3ccc(Br)cc3)C(=O)C1S2)Nc1ccc2ccccc2c1. The lowest BCUT2D eigenvalue weighted by Gasteiger charge is -2.30. The highest BCUT2D eigenvalue weighted by Gasteiger charge is 2.56. The number of anilines is 2. The van der Waals surface area contributed by atoms with E-state index in [-0.39, 0.29) is 29.1 Å². The first-order valence-electron chi connectivity index (χ1n) is 13.4. The second kappa shape index (κ2) is 11.1. The van der Waals surface area contributed by atoms with Gasteiger partial charge in [0, 0.05) is 26.0 Å². The number of carbonyl (C=O) groups is 3. The molecule has 3 heterocycles. The van der Waals surface area contributed by atoms with Crippen molar-refractivity contribution in [1.82, 2.24) is 4.57 Å². The van der Waals surface area contributed by atoms with Crippen LogP contribution in [0.1, 0.15) is 16.4 Å². The summed E-state index contributed by atoms with van der Waals surface area (Å²) >= 11 is 11.8.